The van der Waals surface area contributed by atoms with Crippen molar-refractivity contribution in [3.8, 4) is 0 Å². The predicted octanol–water partition coefficient (Wildman–Crippen LogP) is 1.74. The lowest BCUT2D eigenvalue weighted by atomic mass is 10.0. The van der Waals surface area contributed by atoms with Gasteiger partial charge in [0.05, 0.1) is 5.60 Å². The Balaban J connectivity index is 3.30. The molecule has 66 valence electrons. The van der Waals surface area contributed by atoms with Crippen molar-refractivity contribution in [3.63, 3.8) is 0 Å². The summed E-state index contributed by atoms with van der Waals surface area (Å²) in [5, 5.41) is 9.45. The van der Waals surface area contributed by atoms with Crippen LogP contribution in [0.5, 0.6) is 0 Å². The van der Waals surface area contributed by atoms with Crippen LogP contribution >= 0.6 is 0 Å². The number of hydrogen-bond acceptors (Lipinski definition) is 2. The molecule has 0 spiro atoms. The van der Waals surface area contributed by atoms with E-state index in [1.807, 2.05) is 6.92 Å². The molecule has 0 aromatic heterocycles. The summed E-state index contributed by atoms with van der Waals surface area (Å²) >= 11 is 0. The number of hydrogen-bond donors (Lipinski definition) is 1. The van der Waals surface area contributed by atoms with Crippen molar-refractivity contribution >= 4 is 0 Å². The maximum atomic E-state index is 9.45. The summed E-state index contributed by atoms with van der Waals surface area (Å²) in [5.74, 6) is 0. The molecule has 0 amide bonds. The molecule has 0 fully saturated rings. The number of ether oxygens (including phenoxy) is 1. The Morgan fingerprint density at radius 3 is 2.73 bits per heavy atom. The fourth-order valence-corrected chi connectivity index (χ4v) is 0.779. The van der Waals surface area contributed by atoms with Crippen LogP contribution < -0.4 is 0 Å². The van der Waals surface area contributed by atoms with Crippen LogP contribution in [0.2, 0.25) is 0 Å². The summed E-state index contributed by atoms with van der Waals surface area (Å²) in [5.41, 5.74) is -0.725. The summed E-state index contributed by atoms with van der Waals surface area (Å²) in [4.78, 5) is 0. The minimum absolute atomic E-state index is 0.719. The van der Waals surface area contributed by atoms with Gasteiger partial charge in [-0.25, -0.2) is 0 Å². The highest BCUT2D eigenvalue weighted by molar-refractivity contribution is 4.91. The highest BCUT2D eigenvalue weighted by Crippen LogP contribution is 2.12. The van der Waals surface area contributed by atoms with E-state index < -0.39 is 5.60 Å². The molecule has 0 aliphatic rings. The van der Waals surface area contributed by atoms with E-state index in [9.17, 15) is 5.11 Å². The average Bonchev–Trinajstić information content (AvgIpc) is 1.99. The van der Waals surface area contributed by atoms with Crippen LogP contribution in [0, 0.1) is 0 Å². The van der Waals surface area contributed by atoms with Crippen LogP contribution in [0.4, 0.5) is 0 Å². The topological polar surface area (TPSA) is 29.5 Å². The normalized spacial score (nSPS) is 15.9. The molecule has 0 saturated heterocycles. The molecule has 0 aliphatic heterocycles. The van der Waals surface area contributed by atoms with Gasteiger partial charge in [0.1, 0.15) is 0 Å². The third kappa shape index (κ3) is 6.07. The first-order valence-electron chi connectivity index (χ1n) is 4.06. The SMILES string of the molecule is C=CC(C)(O)CCCOCC. The van der Waals surface area contributed by atoms with Gasteiger partial charge in [-0.2, -0.15) is 0 Å². The zero-order valence-electron chi connectivity index (χ0n) is 7.47. The van der Waals surface area contributed by atoms with Gasteiger partial charge in [-0.3, -0.25) is 0 Å². The standard InChI is InChI=1S/C9H18O2/c1-4-9(3,10)7-6-8-11-5-2/h4,10H,1,5-8H2,2-3H3. The Morgan fingerprint density at radius 1 is 1.64 bits per heavy atom. The van der Waals surface area contributed by atoms with Gasteiger partial charge in [0.15, 0.2) is 0 Å². The molecular formula is C9H18O2. The Kier molecular flexibility index (Phi) is 5.16. The molecule has 0 aromatic rings. The smallest absolute Gasteiger partial charge is 0.0797 e. The van der Waals surface area contributed by atoms with Crippen LogP contribution in [0.25, 0.3) is 0 Å². The molecule has 0 saturated carbocycles. The van der Waals surface area contributed by atoms with Crippen LogP contribution in [0.3, 0.4) is 0 Å². The lowest BCUT2D eigenvalue weighted by Gasteiger charge is -2.17. The Labute approximate surface area is 68.9 Å². The van der Waals surface area contributed by atoms with Gasteiger partial charge >= 0.3 is 0 Å². The molecule has 0 bridgehead atoms. The van der Waals surface area contributed by atoms with E-state index in [4.69, 9.17) is 4.74 Å². The van der Waals surface area contributed by atoms with E-state index >= 15 is 0 Å². The van der Waals surface area contributed by atoms with Gasteiger partial charge < -0.3 is 9.84 Å². The van der Waals surface area contributed by atoms with Crippen LogP contribution in [-0.2, 0) is 4.74 Å². The molecule has 1 unspecified atom stereocenters. The molecule has 0 rings (SSSR count). The fourth-order valence-electron chi connectivity index (χ4n) is 0.779. The van der Waals surface area contributed by atoms with Crippen LogP contribution in [-0.4, -0.2) is 23.9 Å². The van der Waals surface area contributed by atoms with Crippen molar-refractivity contribution < 1.29 is 9.84 Å². The first-order chi connectivity index (χ1) is 5.12. The molecule has 0 aliphatic carbocycles. The molecule has 11 heavy (non-hydrogen) atoms. The van der Waals surface area contributed by atoms with Crippen molar-refractivity contribution in [2.45, 2.75) is 32.3 Å². The highest BCUT2D eigenvalue weighted by Gasteiger charge is 2.13. The molecule has 1 N–H and O–H groups in total. The number of aliphatic hydroxyl groups is 1. The zero-order chi connectivity index (χ0) is 8.74. The minimum atomic E-state index is -0.725. The van der Waals surface area contributed by atoms with Crippen molar-refractivity contribution in [2.75, 3.05) is 13.2 Å². The summed E-state index contributed by atoms with van der Waals surface area (Å²) in [6.07, 6.45) is 3.17. The van der Waals surface area contributed by atoms with Crippen LogP contribution in [0.1, 0.15) is 26.7 Å². The fraction of sp³-hybridized carbons (Fsp3) is 0.778. The maximum absolute atomic E-state index is 9.45. The zero-order valence-corrected chi connectivity index (χ0v) is 7.47. The molecule has 0 radical (unpaired) electrons. The summed E-state index contributed by atoms with van der Waals surface area (Å²) in [6, 6.07) is 0. The monoisotopic (exact) mass is 158 g/mol. The largest absolute Gasteiger partial charge is 0.386 e. The van der Waals surface area contributed by atoms with E-state index in [1.165, 1.54) is 0 Å². The molecule has 2 nitrogen and oxygen atoms in total. The molecular weight excluding hydrogens is 140 g/mol. The Bertz CT molecular complexity index is 108. The third-order valence-electron chi connectivity index (χ3n) is 1.62. The molecule has 1 atom stereocenters. The molecule has 0 aromatic carbocycles. The Hall–Kier alpha value is -0.340. The second-order valence-electron chi connectivity index (χ2n) is 2.86. The van der Waals surface area contributed by atoms with Gasteiger partial charge in [0.25, 0.3) is 0 Å². The third-order valence-corrected chi connectivity index (χ3v) is 1.62. The van der Waals surface area contributed by atoms with Crippen molar-refractivity contribution in [2.24, 2.45) is 0 Å². The quantitative estimate of drug-likeness (QED) is 0.471. The van der Waals surface area contributed by atoms with E-state index in [-0.39, 0.29) is 0 Å². The van der Waals surface area contributed by atoms with E-state index in [0.29, 0.717) is 0 Å². The van der Waals surface area contributed by atoms with E-state index in [1.54, 1.807) is 13.0 Å². The molecule has 2 heteroatoms. The van der Waals surface area contributed by atoms with E-state index in [0.717, 1.165) is 26.1 Å². The first-order valence-corrected chi connectivity index (χ1v) is 4.06. The predicted molar refractivity (Wildman–Crippen MR) is 46.5 cm³/mol. The summed E-state index contributed by atoms with van der Waals surface area (Å²) in [7, 11) is 0. The van der Waals surface area contributed by atoms with Crippen molar-refractivity contribution in [3.05, 3.63) is 12.7 Å². The van der Waals surface area contributed by atoms with Gasteiger partial charge in [-0.05, 0) is 26.7 Å². The van der Waals surface area contributed by atoms with Crippen molar-refractivity contribution in [1.29, 1.82) is 0 Å². The average molecular weight is 158 g/mol. The first kappa shape index (κ1) is 10.7. The van der Waals surface area contributed by atoms with Gasteiger partial charge in [-0.1, -0.05) is 6.08 Å². The summed E-state index contributed by atoms with van der Waals surface area (Å²) in [6.45, 7) is 8.73. The van der Waals surface area contributed by atoms with Gasteiger partial charge in [0, 0.05) is 13.2 Å². The van der Waals surface area contributed by atoms with Crippen molar-refractivity contribution in [1.82, 2.24) is 0 Å². The van der Waals surface area contributed by atoms with E-state index in [2.05, 4.69) is 6.58 Å². The second-order valence-corrected chi connectivity index (χ2v) is 2.86. The summed E-state index contributed by atoms with van der Waals surface area (Å²) < 4.78 is 5.13. The second kappa shape index (κ2) is 5.33. The highest BCUT2D eigenvalue weighted by atomic mass is 16.5. The number of rotatable bonds is 6. The Morgan fingerprint density at radius 2 is 2.27 bits per heavy atom. The lowest BCUT2D eigenvalue weighted by Crippen LogP contribution is -2.20. The maximum Gasteiger partial charge on any atom is 0.0797 e. The molecule has 0 heterocycles. The van der Waals surface area contributed by atoms with Gasteiger partial charge in [-0.15, -0.1) is 6.58 Å². The van der Waals surface area contributed by atoms with Crippen LogP contribution in [0.15, 0.2) is 12.7 Å². The lowest BCUT2D eigenvalue weighted by molar-refractivity contribution is 0.0781. The van der Waals surface area contributed by atoms with Gasteiger partial charge in [0.2, 0.25) is 0 Å². The minimum Gasteiger partial charge on any atom is -0.386 e.